The molecular weight excluding hydrogens is 461 g/mol. The molecule has 0 bridgehead atoms. The minimum atomic E-state index is -4.50. The number of hydrogen-bond donors (Lipinski definition) is 2. The number of aliphatic hydroxyl groups excluding tert-OH is 1. The van der Waals surface area contributed by atoms with Crippen molar-refractivity contribution in [2.75, 3.05) is 7.05 Å². The number of hydrogen-bond acceptors (Lipinski definition) is 5. The Morgan fingerprint density at radius 1 is 1.23 bits per heavy atom. The third-order valence-electron chi connectivity index (χ3n) is 6.09. The molecule has 1 heterocycles. The number of likely N-dealkylation sites (N-methyl/N-ethyl adjacent to an activating group) is 1. The van der Waals surface area contributed by atoms with Gasteiger partial charge in [0.25, 0.3) is 0 Å². The predicted octanol–water partition coefficient (Wildman–Crippen LogP) is 3.10. The predicted molar refractivity (Wildman–Crippen MR) is 122 cm³/mol. The largest absolute Gasteiger partial charge is 0.488 e. The van der Waals surface area contributed by atoms with Crippen molar-refractivity contribution in [3.63, 3.8) is 0 Å². The number of amides is 1. The quantitative estimate of drug-likeness (QED) is 0.510. The number of aromatic nitrogens is 2. The van der Waals surface area contributed by atoms with Crippen LogP contribution in [0.2, 0.25) is 0 Å². The summed E-state index contributed by atoms with van der Waals surface area (Å²) in [7, 11) is 1.84. The van der Waals surface area contributed by atoms with Gasteiger partial charge in [0.1, 0.15) is 24.5 Å². The highest BCUT2D eigenvalue weighted by Gasteiger charge is 2.46. The average molecular weight is 489 g/mol. The van der Waals surface area contributed by atoms with Gasteiger partial charge in [0.2, 0.25) is 5.91 Å². The van der Waals surface area contributed by atoms with Gasteiger partial charge in [0.15, 0.2) is 0 Å². The van der Waals surface area contributed by atoms with Crippen LogP contribution in [0.4, 0.5) is 13.2 Å². The van der Waals surface area contributed by atoms with Crippen LogP contribution >= 0.6 is 0 Å². The number of ether oxygens (including phenoxy) is 1. The minimum Gasteiger partial charge on any atom is -0.488 e. The molecule has 35 heavy (non-hydrogen) atoms. The number of carbonyl (C=O) groups is 1. The highest BCUT2D eigenvalue weighted by atomic mass is 19.4. The molecule has 1 aromatic heterocycles. The summed E-state index contributed by atoms with van der Waals surface area (Å²) in [5.41, 5.74) is 0.193. The first kappa shape index (κ1) is 24.7. The first-order valence-corrected chi connectivity index (χ1v) is 11.2. The van der Waals surface area contributed by atoms with Gasteiger partial charge in [0, 0.05) is 25.4 Å². The van der Waals surface area contributed by atoms with Crippen molar-refractivity contribution in [3.8, 4) is 5.75 Å². The van der Waals surface area contributed by atoms with E-state index in [4.69, 9.17) is 4.74 Å². The van der Waals surface area contributed by atoms with Gasteiger partial charge in [0.05, 0.1) is 24.0 Å². The molecule has 7 nitrogen and oxygen atoms in total. The fraction of sp³-hybridized carbons (Fsp3) is 0.360. The highest BCUT2D eigenvalue weighted by Crippen LogP contribution is 2.34. The standard InChI is InChI=1S/C25H27F3N4O3/c1-31(14-17-6-3-2-4-7-17)23-20(30-22(33)15-32-11-10-29-16-32)13-21(24(23)34)35-19-9-5-8-18(12-19)25(26,27)28/h2-12,16,20-21,23-24,34H,13-15H2,1H3,(H,30,33)/t20-,21-,23+,24+/m1/s1. The smallest absolute Gasteiger partial charge is 0.416 e. The monoisotopic (exact) mass is 488 g/mol. The Bertz CT molecular complexity index is 1110. The Hall–Kier alpha value is -3.37. The van der Waals surface area contributed by atoms with E-state index in [-0.39, 0.29) is 24.6 Å². The Kier molecular flexibility index (Phi) is 7.42. The first-order chi connectivity index (χ1) is 16.7. The summed E-state index contributed by atoms with van der Waals surface area (Å²) < 4.78 is 46.8. The summed E-state index contributed by atoms with van der Waals surface area (Å²) in [5, 5.41) is 14.1. The van der Waals surface area contributed by atoms with Crippen molar-refractivity contribution in [2.24, 2.45) is 0 Å². The van der Waals surface area contributed by atoms with E-state index in [1.165, 1.54) is 18.5 Å². The van der Waals surface area contributed by atoms with Crippen LogP contribution in [0, 0.1) is 0 Å². The van der Waals surface area contributed by atoms with Crippen LogP contribution in [0.25, 0.3) is 0 Å². The van der Waals surface area contributed by atoms with E-state index in [0.717, 1.165) is 17.7 Å². The average Bonchev–Trinajstić information content (AvgIpc) is 3.42. The number of benzene rings is 2. The third-order valence-corrected chi connectivity index (χ3v) is 6.09. The fourth-order valence-corrected chi connectivity index (χ4v) is 4.51. The van der Waals surface area contributed by atoms with Crippen LogP contribution < -0.4 is 10.1 Å². The molecule has 0 spiro atoms. The lowest BCUT2D eigenvalue weighted by Crippen LogP contribution is -2.52. The summed E-state index contributed by atoms with van der Waals surface area (Å²) in [6.07, 6.45) is -1.35. The van der Waals surface area contributed by atoms with Gasteiger partial charge in [-0.1, -0.05) is 36.4 Å². The molecule has 1 saturated carbocycles. The Morgan fingerprint density at radius 3 is 2.69 bits per heavy atom. The van der Waals surface area contributed by atoms with Crippen molar-refractivity contribution in [1.82, 2.24) is 19.8 Å². The van der Waals surface area contributed by atoms with Crippen molar-refractivity contribution >= 4 is 5.91 Å². The number of nitrogens with one attached hydrogen (secondary N) is 1. The lowest BCUT2D eigenvalue weighted by Gasteiger charge is -2.32. The Morgan fingerprint density at radius 2 is 2.00 bits per heavy atom. The van der Waals surface area contributed by atoms with E-state index in [0.29, 0.717) is 6.54 Å². The van der Waals surface area contributed by atoms with Crippen LogP contribution in [0.1, 0.15) is 17.5 Å². The lowest BCUT2D eigenvalue weighted by molar-refractivity contribution is -0.137. The summed E-state index contributed by atoms with van der Waals surface area (Å²) in [6, 6.07) is 13.2. The molecule has 3 aromatic rings. The van der Waals surface area contributed by atoms with E-state index in [2.05, 4.69) is 10.3 Å². The maximum Gasteiger partial charge on any atom is 0.416 e. The second kappa shape index (κ2) is 10.5. The first-order valence-electron chi connectivity index (χ1n) is 11.2. The lowest BCUT2D eigenvalue weighted by atomic mass is 10.1. The van der Waals surface area contributed by atoms with Crippen molar-refractivity contribution < 1.29 is 27.8 Å². The number of alkyl halides is 3. The topological polar surface area (TPSA) is 79.6 Å². The Balaban J connectivity index is 1.52. The molecule has 1 aliphatic carbocycles. The van der Waals surface area contributed by atoms with Gasteiger partial charge in [-0.25, -0.2) is 4.98 Å². The maximum atomic E-state index is 13.1. The van der Waals surface area contributed by atoms with E-state index in [9.17, 15) is 23.1 Å². The molecule has 2 N–H and O–H groups in total. The van der Waals surface area contributed by atoms with E-state index in [1.54, 1.807) is 17.0 Å². The molecule has 186 valence electrons. The maximum absolute atomic E-state index is 13.1. The van der Waals surface area contributed by atoms with Crippen LogP contribution in [0.5, 0.6) is 5.75 Å². The summed E-state index contributed by atoms with van der Waals surface area (Å²) in [6.45, 7) is 0.563. The number of nitrogens with zero attached hydrogens (tertiary/aromatic N) is 3. The highest BCUT2D eigenvalue weighted by molar-refractivity contribution is 5.76. The van der Waals surface area contributed by atoms with Gasteiger partial charge in [-0.3, -0.25) is 9.69 Å². The van der Waals surface area contributed by atoms with Crippen LogP contribution in [0.15, 0.2) is 73.3 Å². The molecule has 4 rings (SSSR count). The zero-order valence-electron chi connectivity index (χ0n) is 19.1. The molecule has 2 aromatic carbocycles. The number of imidazole rings is 1. The normalized spacial score (nSPS) is 22.3. The zero-order valence-corrected chi connectivity index (χ0v) is 19.1. The molecule has 4 atom stereocenters. The molecule has 1 amide bonds. The van der Waals surface area contributed by atoms with Gasteiger partial charge >= 0.3 is 6.18 Å². The number of rotatable bonds is 8. The molecule has 1 aliphatic rings. The van der Waals surface area contributed by atoms with Gasteiger partial charge < -0.3 is 19.7 Å². The second-order valence-electron chi connectivity index (χ2n) is 8.71. The van der Waals surface area contributed by atoms with Crippen LogP contribution in [-0.2, 0) is 24.1 Å². The SMILES string of the molecule is CN(Cc1ccccc1)[C@@H]1[C@@H](O)[C@H](Oc2cccc(C(F)(F)F)c2)C[C@H]1NC(=O)Cn1ccnc1. The Labute approximate surface area is 201 Å². The van der Waals surface area contributed by atoms with E-state index < -0.39 is 36.0 Å². The molecule has 0 unspecified atom stereocenters. The summed E-state index contributed by atoms with van der Waals surface area (Å²) in [5.74, 6) is -0.253. The summed E-state index contributed by atoms with van der Waals surface area (Å²) >= 11 is 0. The van der Waals surface area contributed by atoms with E-state index >= 15 is 0 Å². The molecule has 10 heteroatoms. The van der Waals surface area contributed by atoms with Crippen molar-refractivity contribution in [2.45, 2.75) is 50.0 Å². The van der Waals surface area contributed by atoms with Gasteiger partial charge in [-0.15, -0.1) is 0 Å². The molecular formula is C25H27F3N4O3. The zero-order chi connectivity index (χ0) is 25.0. The minimum absolute atomic E-state index is 0.0127. The molecule has 0 saturated heterocycles. The fourth-order valence-electron chi connectivity index (χ4n) is 4.51. The van der Waals surface area contributed by atoms with Crippen molar-refractivity contribution in [3.05, 3.63) is 84.4 Å². The van der Waals surface area contributed by atoms with Crippen molar-refractivity contribution in [1.29, 1.82) is 0 Å². The third kappa shape index (κ3) is 6.20. The number of halogens is 3. The van der Waals surface area contributed by atoms with Crippen LogP contribution in [0.3, 0.4) is 0 Å². The van der Waals surface area contributed by atoms with Gasteiger partial charge in [-0.05, 0) is 30.8 Å². The van der Waals surface area contributed by atoms with Gasteiger partial charge in [-0.2, -0.15) is 13.2 Å². The molecule has 0 radical (unpaired) electrons. The number of carbonyl (C=O) groups excluding carboxylic acids is 1. The summed E-state index contributed by atoms with van der Waals surface area (Å²) in [4.78, 5) is 18.5. The second-order valence-corrected chi connectivity index (χ2v) is 8.71. The van der Waals surface area contributed by atoms with E-state index in [1.807, 2.05) is 42.3 Å². The van der Waals surface area contributed by atoms with Crippen LogP contribution in [-0.4, -0.2) is 56.8 Å². The molecule has 0 aliphatic heterocycles. The molecule has 1 fully saturated rings. The number of aliphatic hydroxyl groups is 1.